The molecule has 2 heterocycles. The average Bonchev–Trinajstić information content (AvgIpc) is 3.33. The predicted molar refractivity (Wildman–Crippen MR) is 122 cm³/mol. The van der Waals surface area contributed by atoms with Crippen LogP contribution in [0.2, 0.25) is 0 Å². The SMILES string of the molecule is O=C(CC1(c2ccccc2)CCN(C(=O)OCc2ccccc2)CC1)Nc1cc(C(F)(F)F)[nH]n1. The number of halogens is 3. The van der Waals surface area contributed by atoms with Crippen molar-refractivity contribution in [2.75, 3.05) is 18.4 Å². The normalized spacial score (nSPS) is 15.5. The molecule has 4 rings (SSSR count). The van der Waals surface area contributed by atoms with E-state index < -0.39 is 29.3 Å². The van der Waals surface area contributed by atoms with Gasteiger partial charge in [-0.05, 0) is 24.0 Å². The summed E-state index contributed by atoms with van der Waals surface area (Å²) in [5, 5.41) is 7.90. The minimum Gasteiger partial charge on any atom is -0.445 e. The maximum Gasteiger partial charge on any atom is 0.432 e. The number of H-pyrrole nitrogens is 1. The van der Waals surface area contributed by atoms with Crippen molar-refractivity contribution in [1.29, 1.82) is 0 Å². The molecule has 3 aromatic rings. The number of hydrogen-bond acceptors (Lipinski definition) is 4. The third kappa shape index (κ3) is 6.00. The van der Waals surface area contributed by atoms with E-state index >= 15 is 0 Å². The third-order valence-electron chi connectivity index (χ3n) is 6.22. The zero-order valence-electron chi connectivity index (χ0n) is 18.8. The van der Waals surface area contributed by atoms with Crippen molar-refractivity contribution in [3.63, 3.8) is 0 Å². The topological polar surface area (TPSA) is 87.3 Å². The highest BCUT2D eigenvalue weighted by molar-refractivity contribution is 5.90. The van der Waals surface area contributed by atoms with Crippen LogP contribution >= 0.6 is 0 Å². The van der Waals surface area contributed by atoms with E-state index in [1.165, 1.54) is 0 Å². The summed E-state index contributed by atoms with van der Waals surface area (Å²) >= 11 is 0. The van der Waals surface area contributed by atoms with E-state index in [1.54, 1.807) is 4.90 Å². The Hall–Kier alpha value is -3.82. The summed E-state index contributed by atoms with van der Waals surface area (Å²) in [5.41, 5.74) is 0.212. The summed E-state index contributed by atoms with van der Waals surface area (Å²) in [6.07, 6.45) is -3.96. The second-order valence-corrected chi connectivity index (χ2v) is 8.56. The molecule has 0 atom stereocenters. The van der Waals surface area contributed by atoms with Crippen molar-refractivity contribution < 1.29 is 27.5 Å². The number of likely N-dealkylation sites (tertiary alicyclic amines) is 1. The Morgan fingerprint density at radius 1 is 1.03 bits per heavy atom. The molecule has 0 saturated carbocycles. The van der Waals surface area contributed by atoms with Gasteiger partial charge in [0.25, 0.3) is 0 Å². The van der Waals surface area contributed by atoms with Gasteiger partial charge in [0.05, 0.1) is 0 Å². The van der Waals surface area contributed by atoms with Gasteiger partial charge in [-0.15, -0.1) is 0 Å². The molecule has 1 aromatic heterocycles. The van der Waals surface area contributed by atoms with E-state index in [0.717, 1.165) is 17.2 Å². The number of aromatic nitrogens is 2. The molecule has 0 aliphatic carbocycles. The Kier molecular flexibility index (Phi) is 7.09. The lowest BCUT2D eigenvalue weighted by Gasteiger charge is -2.41. The van der Waals surface area contributed by atoms with Gasteiger partial charge >= 0.3 is 12.3 Å². The number of ether oxygens (including phenoxy) is 1. The summed E-state index contributed by atoms with van der Waals surface area (Å²) in [6, 6.07) is 19.6. The number of aromatic amines is 1. The van der Waals surface area contributed by atoms with E-state index in [-0.39, 0.29) is 18.8 Å². The van der Waals surface area contributed by atoms with Crippen molar-refractivity contribution in [1.82, 2.24) is 15.1 Å². The summed E-state index contributed by atoms with van der Waals surface area (Å²) in [6.45, 7) is 0.943. The zero-order chi connectivity index (χ0) is 24.9. The number of anilines is 1. The molecule has 10 heteroatoms. The summed E-state index contributed by atoms with van der Waals surface area (Å²) in [4.78, 5) is 27.0. The van der Waals surface area contributed by atoms with Gasteiger partial charge < -0.3 is 15.0 Å². The van der Waals surface area contributed by atoms with E-state index in [2.05, 4.69) is 10.4 Å². The van der Waals surface area contributed by atoms with E-state index in [9.17, 15) is 22.8 Å². The quantitative estimate of drug-likeness (QED) is 0.506. The Morgan fingerprint density at radius 3 is 2.26 bits per heavy atom. The standard InChI is InChI=1S/C25H25F3N4O3/c26-25(27,28)20-15-21(31-30-20)29-22(33)16-24(19-9-5-2-6-10-19)11-13-32(14-12-24)23(34)35-17-18-7-3-1-4-8-18/h1-10,15H,11-14,16-17H2,(H2,29,30,31,33). The van der Waals surface area contributed by atoms with Crippen LogP contribution in [-0.4, -0.2) is 40.2 Å². The molecule has 7 nitrogen and oxygen atoms in total. The van der Waals surface area contributed by atoms with E-state index in [4.69, 9.17) is 4.74 Å². The molecular weight excluding hydrogens is 461 g/mol. The van der Waals surface area contributed by atoms with Gasteiger partial charge in [-0.25, -0.2) is 4.79 Å². The minimum absolute atomic E-state index is 0.0398. The smallest absolute Gasteiger partial charge is 0.432 e. The first-order valence-electron chi connectivity index (χ1n) is 11.2. The van der Waals surface area contributed by atoms with Crippen molar-refractivity contribution in [3.8, 4) is 0 Å². The number of carbonyl (C=O) groups is 2. The summed E-state index contributed by atoms with van der Waals surface area (Å²) < 4.78 is 43.9. The maximum atomic E-state index is 12.8. The monoisotopic (exact) mass is 486 g/mol. The highest BCUT2D eigenvalue weighted by atomic mass is 19.4. The molecular formula is C25H25F3N4O3. The number of alkyl halides is 3. The lowest BCUT2D eigenvalue weighted by molar-refractivity contribution is -0.141. The van der Waals surface area contributed by atoms with Gasteiger partial charge in [-0.1, -0.05) is 60.7 Å². The highest BCUT2D eigenvalue weighted by Crippen LogP contribution is 2.39. The van der Waals surface area contributed by atoms with Crippen LogP contribution in [0.3, 0.4) is 0 Å². The van der Waals surface area contributed by atoms with Crippen LogP contribution in [0.1, 0.15) is 36.1 Å². The molecule has 1 fully saturated rings. The van der Waals surface area contributed by atoms with Gasteiger partial charge in [0, 0.05) is 31.0 Å². The number of piperidine rings is 1. The number of benzene rings is 2. The fraction of sp³-hybridized carbons (Fsp3) is 0.320. The molecule has 1 aliphatic rings. The highest BCUT2D eigenvalue weighted by Gasteiger charge is 2.40. The van der Waals surface area contributed by atoms with Crippen molar-refractivity contribution in [2.24, 2.45) is 0 Å². The van der Waals surface area contributed by atoms with Crippen LogP contribution < -0.4 is 5.32 Å². The largest absolute Gasteiger partial charge is 0.445 e. The van der Waals surface area contributed by atoms with Gasteiger partial charge in [0.2, 0.25) is 5.91 Å². The summed E-state index contributed by atoms with van der Waals surface area (Å²) in [7, 11) is 0. The molecule has 2 N–H and O–H groups in total. The molecule has 2 aromatic carbocycles. The maximum absolute atomic E-state index is 12.8. The Labute approximate surface area is 200 Å². The van der Waals surface area contributed by atoms with Crippen LogP contribution in [0.15, 0.2) is 66.7 Å². The van der Waals surface area contributed by atoms with E-state index in [1.807, 2.05) is 65.8 Å². The fourth-order valence-electron chi connectivity index (χ4n) is 4.31. The number of nitrogens with zero attached hydrogens (tertiary/aromatic N) is 2. The lowest BCUT2D eigenvalue weighted by Crippen LogP contribution is -2.46. The zero-order valence-corrected chi connectivity index (χ0v) is 18.8. The molecule has 35 heavy (non-hydrogen) atoms. The van der Waals surface area contributed by atoms with Gasteiger partial charge in [-0.2, -0.15) is 18.3 Å². The van der Waals surface area contributed by atoms with Crippen LogP contribution in [-0.2, 0) is 27.7 Å². The number of hydrogen-bond donors (Lipinski definition) is 2. The lowest BCUT2D eigenvalue weighted by atomic mass is 9.70. The van der Waals surface area contributed by atoms with Crippen LogP contribution in [0.4, 0.5) is 23.8 Å². The van der Waals surface area contributed by atoms with Crippen LogP contribution in [0.5, 0.6) is 0 Å². The second kappa shape index (κ2) is 10.2. The van der Waals surface area contributed by atoms with Crippen molar-refractivity contribution >= 4 is 17.8 Å². The van der Waals surface area contributed by atoms with Crippen molar-refractivity contribution in [2.45, 2.75) is 37.5 Å². The molecule has 1 saturated heterocycles. The molecule has 1 aliphatic heterocycles. The van der Waals surface area contributed by atoms with Crippen molar-refractivity contribution in [3.05, 3.63) is 83.6 Å². The third-order valence-corrected chi connectivity index (χ3v) is 6.22. The molecule has 0 spiro atoms. The molecule has 0 unspecified atom stereocenters. The van der Waals surface area contributed by atoms with Crippen LogP contribution in [0, 0.1) is 0 Å². The predicted octanol–water partition coefficient (Wildman–Crippen LogP) is 5.13. The van der Waals surface area contributed by atoms with Crippen LogP contribution in [0.25, 0.3) is 0 Å². The summed E-state index contributed by atoms with van der Waals surface area (Å²) in [5.74, 6) is -0.637. The van der Waals surface area contributed by atoms with Gasteiger partial charge in [0.1, 0.15) is 12.3 Å². The molecule has 0 radical (unpaired) electrons. The average molecular weight is 486 g/mol. The molecule has 0 bridgehead atoms. The minimum atomic E-state index is -4.58. The number of amides is 2. The Balaban J connectivity index is 1.41. The first kappa shape index (κ1) is 24.3. The second-order valence-electron chi connectivity index (χ2n) is 8.56. The fourth-order valence-corrected chi connectivity index (χ4v) is 4.31. The molecule has 184 valence electrons. The first-order valence-corrected chi connectivity index (χ1v) is 11.2. The Morgan fingerprint density at radius 2 is 1.66 bits per heavy atom. The molecule has 2 amide bonds. The van der Waals surface area contributed by atoms with E-state index in [0.29, 0.717) is 25.9 Å². The van der Waals surface area contributed by atoms with Gasteiger partial charge in [-0.3, -0.25) is 9.89 Å². The number of nitrogens with one attached hydrogen (secondary N) is 2. The number of rotatable bonds is 6. The number of carbonyl (C=O) groups excluding carboxylic acids is 2. The first-order chi connectivity index (χ1) is 16.7. The van der Waals surface area contributed by atoms with Gasteiger partial charge in [0.15, 0.2) is 5.82 Å². The Bertz CT molecular complexity index is 1140.